The molecule has 2 aromatic carbocycles. The largest absolute Gasteiger partial charge is 0.426 e. The van der Waals surface area contributed by atoms with Crippen molar-refractivity contribution < 1.29 is 39.9 Å². The van der Waals surface area contributed by atoms with E-state index < -0.39 is 37.4 Å². The predicted molar refractivity (Wildman–Crippen MR) is 104 cm³/mol. The number of hydrogen-bond donors (Lipinski definition) is 2. The number of sulfone groups is 2. The van der Waals surface area contributed by atoms with Crippen molar-refractivity contribution in [1.82, 2.24) is 0 Å². The molecule has 0 spiro atoms. The average molecular weight is 530 g/mol. The Morgan fingerprint density at radius 1 is 0.967 bits per heavy atom. The van der Waals surface area contributed by atoms with Gasteiger partial charge in [-0.25, -0.2) is 16.8 Å². The van der Waals surface area contributed by atoms with Gasteiger partial charge in [0, 0.05) is 10.7 Å². The molecule has 0 aliphatic heterocycles. The van der Waals surface area contributed by atoms with Gasteiger partial charge in [-0.1, -0.05) is 0 Å². The second kappa shape index (κ2) is 7.94. The molecule has 2 rings (SSSR count). The zero-order valence-electron chi connectivity index (χ0n) is 15.4. The van der Waals surface area contributed by atoms with Gasteiger partial charge in [-0.3, -0.25) is 4.79 Å². The highest BCUT2D eigenvalue weighted by atomic mass is 79.9. The minimum Gasteiger partial charge on any atom is -0.373 e. The monoisotopic (exact) mass is 529 g/mol. The molecule has 7 nitrogen and oxygen atoms in total. The molecule has 164 valence electrons. The molecule has 0 aliphatic rings. The molecule has 0 aliphatic carbocycles. The molecule has 1 atom stereocenters. The molecule has 0 saturated heterocycles. The molecule has 0 bridgehead atoms. The number of aliphatic hydroxyl groups is 1. The fourth-order valence-corrected chi connectivity index (χ4v) is 4.69. The summed E-state index contributed by atoms with van der Waals surface area (Å²) in [6.45, 7) is 0.287. The molecule has 0 saturated carbocycles. The summed E-state index contributed by atoms with van der Waals surface area (Å²) in [7, 11) is -7.61. The third-order valence-electron chi connectivity index (χ3n) is 4.06. The Balaban J connectivity index is 2.35. The molecule has 0 fully saturated rings. The Morgan fingerprint density at radius 2 is 1.43 bits per heavy atom. The first-order valence-electron chi connectivity index (χ1n) is 7.93. The summed E-state index contributed by atoms with van der Waals surface area (Å²) in [5.41, 5.74) is -3.85. The van der Waals surface area contributed by atoms with Crippen LogP contribution in [0.4, 0.5) is 18.9 Å². The second-order valence-corrected chi connectivity index (χ2v) is 11.2. The first-order valence-corrected chi connectivity index (χ1v) is 12.1. The Bertz CT molecular complexity index is 1190. The Morgan fingerprint density at radius 3 is 1.87 bits per heavy atom. The minimum atomic E-state index is -5.22. The summed E-state index contributed by atoms with van der Waals surface area (Å²) in [6.07, 6.45) is -4.25. The van der Waals surface area contributed by atoms with E-state index >= 15 is 0 Å². The molecule has 2 aromatic rings. The SMILES string of the molecule is CC(O)(C(=O)Nc1ccc(S(=O)(=O)c2ccc(S(C)(=O)=O)cc2)cc1Br)C(F)(F)F. The van der Waals surface area contributed by atoms with Gasteiger partial charge in [0.15, 0.2) is 9.84 Å². The van der Waals surface area contributed by atoms with Crippen molar-refractivity contribution in [2.75, 3.05) is 11.6 Å². The lowest BCUT2D eigenvalue weighted by Crippen LogP contribution is -2.52. The standard InChI is InChI=1S/C17H15BrF3NO6S2/c1-16(24,17(19,20)21)15(23)22-14-8-7-12(9-13(14)18)30(27,28)11-5-3-10(4-6-11)29(2,25)26/h3-9,24H,1-2H3,(H,22,23). The van der Waals surface area contributed by atoms with E-state index in [1.54, 1.807) is 0 Å². The second-order valence-electron chi connectivity index (χ2n) is 6.41. The van der Waals surface area contributed by atoms with E-state index in [0.717, 1.165) is 48.7 Å². The van der Waals surface area contributed by atoms with Gasteiger partial charge >= 0.3 is 6.18 Å². The van der Waals surface area contributed by atoms with Crippen LogP contribution >= 0.6 is 15.9 Å². The Labute approximate surface area is 178 Å². The smallest absolute Gasteiger partial charge is 0.373 e. The molecule has 0 heterocycles. The van der Waals surface area contributed by atoms with Gasteiger partial charge in [0.05, 0.1) is 20.4 Å². The maximum absolute atomic E-state index is 12.8. The van der Waals surface area contributed by atoms with E-state index in [-0.39, 0.29) is 31.8 Å². The molecule has 0 aromatic heterocycles. The number of halogens is 4. The maximum atomic E-state index is 12.8. The highest BCUT2D eigenvalue weighted by molar-refractivity contribution is 9.10. The number of nitrogens with one attached hydrogen (secondary N) is 1. The lowest BCUT2D eigenvalue weighted by molar-refractivity contribution is -0.242. The summed E-state index contributed by atoms with van der Waals surface area (Å²) >= 11 is 2.97. The van der Waals surface area contributed by atoms with Crippen LogP contribution in [0.2, 0.25) is 0 Å². The molecule has 1 amide bonds. The van der Waals surface area contributed by atoms with Crippen LogP contribution in [0.3, 0.4) is 0 Å². The fourth-order valence-electron chi connectivity index (χ4n) is 2.14. The number of hydrogen-bond acceptors (Lipinski definition) is 6. The van der Waals surface area contributed by atoms with E-state index in [9.17, 15) is 39.9 Å². The van der Waals surface area contributed by atoms with Crippen molar-refractivity contribution in [3.05, 3.63) is 46.9 Å². The summed E-state index contributed by atoms with van der Waals surface area (Å²) in [4.78, 5) is 11.2. The van der Waals surface area contributed by atoms with Crippen molar-refractivity contribution in [2.24, 2.45) is 0 Å². The lowest BCUT2D eigenvalue weighted by atomic mass is 10.1. The third-order valence-corrected chi connectivity index (χ3v) is 7.61. The van der Waals surface area contributed by atoms with Crippen molar-refractivity contribution in [3.8, 4) is 0 Å². The van der Waals surface area contributed by atoms with E-state index in [0.29, 0.717) is 0 Å². The topological polar surface area (TPSA) is 118 Å². The zero-order chi connectivity index (χ0) is 23.1. The number of amides is 1. The van der Waals surface area contributed by atoms with Crippen LogP contribution < -0.4 is 5.32 Å². The molecule has 30 heavy (non-hydrogen) atoms. The number of rotatable bonds is 5. The summed E-state index contributed by atoms with van der Waals surface area (Å²) < 4.78 is 86.6. The van der Waals surface area contributed by atoms with Crippen LogP contribution in [-0.2, 0) is 24.5 Å². The summed E-state index contributed by atoms with van der Waals surface area (Å²) in [5, 5.41) is 11.3. The number of alkyl halides is 3. The molecule has 0 radical (unpaired) electrons. The van der Waals surface area contributed by atoms with Crippen LogP contribution in [0.15, 0.2) is 61.6 Å². The lowest BCUT2D eigenvalue weighted by Gasteiger charge is -2.25. The number of anilines is 1. The number of benzene rings is 2. The Kier molecular flexibility index (Phi) is 6.44. The van der Waals surface area contributed by atoms with Crippen LogP contribution in [0.25, 0.3) is 0 Å². The third kappa shape index (κ3) is 4.85. The van der Waals surface area contributed by atoms with Gasteiger partial charge in [0.25, 0.3) is 5.91 Å². The maximum Gasteiger partial charge on any atom is 0.426 e. The van der Waals surface area contributed by atoms with Gasteiger partial charge in [0.1, 0.15) is 0 Å². The van der Waals surface area contributed by atoms with E-state index in [1.807, 2.05) is 5.32 Å². The van der Waals surface area contributed by atoms with Gasteiger partial charge in [-0.05, 0) is 65.3 Å². The van der Waals surface area contributed by atoms with Crippen LogP contribution in [0, 0.1) is 0 Å². The molecular formula is C17H15BrF3NO6S2. The molecule has 1 unspecified atom stereocenters. The van der Waals surface area contributed by atoms with Crippen LogP contribution in [0.5, 0.6) is 0 Å². The predicted octanol–water partition coefficient (Wildman–Crippen LogP) is 2.94. The van der Waals surface area contributed by atoms with Crippen LogP contribution in [-0.4, -0.2) is 45.9 Å². The fraction of sp³-hybridized carbons (Fsp3) is 0.235. The van der Waals surface area contributed by atoms with E-state index in [1.165, 1.54) is 0 Å². The van der Waals surface area contributed by atoms with Gasteiger partial charge < -0.3 is 10.4 Å². The molecule has 2 N–H and O–H groups in total. The number of carbonyl (C=O) groups is 1. The van der Waals surface area contributed by atoms with Gasteiger partial charge in [-0.2, -0.15) is 13.2 Å². The van der Waals surface area contributed by atoms with Crippen molar-refractivity contribution in [1.29, 1.82) is 0 Å². The van der Waals surface area contributed by atoms with E-state index in [4.69, 9.17) is 0 Å². The summed E-state index contributed by atoms with van der Waals surface area (Å²) in [6, 6.07) is 7.62. The van der Waals surface area contributed by atoms with E-state index in [2.05, 4.69) is 15.9 Å². The minimum absolute atomic E-state index is 0.0531. The van der Waals surface area contributed by atoms with Gasteiger partial charge in [0.2, 0.25) is 15.4 Å². The Hall–Kier alpha value is -1.96. The van der Waals surface area contributed by atoms with Crippen molar-refractivity contribution in [2.45, 2.75) is 33.4 Å². The summed E-state index contributed by atoms with van der Waals surface area (Å²) in [5.74, 6) is -1.75. The quantitative estimate of drug-likeness (QED) is 0.614. The normalized spacial score (nSPS) is 14.8. The molecular weight excluding hydrogens is 515 g/mol. The first-order chi connectivity index (χ1) is 13.5. The zero-order valence-corrected chi connectivity index (χ0v) is 18.6. The molecule has 13 heteroatoms. The van der Waals surface area contributed by atoms with Crippen molar-refractivity contribution >= 4 is 47.2 Å². The first kappa shape index (κ1) is 24.3. The highest BCUT2D eigenvalue weighted by Gasteiger charge is 2.55. The number of carbonyl (C=O) groups excluding carboxylic acids is 1. The van der Waals surface area contributed by atoms with Crippen LogP contribution in [0.1, 0.15) is 6.92 Å². The van der Waals surface area contributed by atoms with Gasteiger partial charge in [-0.15, -0.1) is 0 Å². The highest BCUT2D eigenvalue weighted by Crippen LogP contribution is 2.33. The van der Waals surface area contributed by atoms with Crippen molar-refractivity contribution in [3.63, 3.8) is 0 Å². The average Bonchev–Trinajstić information content (AvgIpc) is 2.61.